The van der Waals surface area contributed by atoms with Crippen LogP contribution in [0.2, 0.25) is 0 Å². The summed E-state index contributed by atoms with van der Waals surface area (Å²) in [6.45, 7) is 0.489. The van der Waals surface area contributed by atoms with Crippen LogP contribution in [0.5, 0.6) is 0 Å². The van der Waals surface area contributed by atoms with Gasteiger partial charge in [0.05, 0.1) is 5.60 Å². The molecule has 0 radical (unpaired) electrons. The summed E-state index contributed by atoms with van der Waals surface area (Å²) in [5.74, 6) is -4.80. The topological polar surface area (TPSA) is 26.3 Å². The van der Waals surface area contributed by atoms with E-state index in [0.29, 0.717) is 19.4 Å². The first-order chi connectivity index (χ1) is 9.51. The van der Waals surface area contributed by atoms with E-state index in [9.17, 15) is 18.0 Å². The predicted octanol–water partition coefficient (Wildman–Crippen LogP) is 3.64. The maximum absolute atomic E-state index is 13.2. The van der Waals surface area contributed by atoms with Crippen LogP contribution in [0.15, 0.2) is 12.1 Å². The normalized spacial score (nSPS) is 24.4. The summed E-state index contributed by atoms with van der Waals surface area (Å²) >= 11 is 0. The molecule has 20 heavy (non-hydrogen) atoms. The van der Waals surface area contributed by atoms with Crippen LogP contribution in [-0.2, 0) is 4.74 Å². The summed E-state index contributed by atoms with van der Waals surface area (Å²) in [6, 6.07) is 1.56. The summed E-state index contributed by atoms with van der Waals surface area (Å²) in [5.41, 5.74) is -0.307. The lowest BCUT2D eigenvalue weighted by molar-refractivity contribution is -0.137. The summed E-state index contributed by atoms with van der Waals surface area (Å²) in [7, 11) is 0. The Labute approximate surface area is 114 Å². The quantitative estimate of drug-likeness (QED) is 0.612. The zero-order chi connectivity index (χ0) is 14.3. The minimum Gasteiger partial charge on any atom is -0.375 e. The number of ether oxygens (including phenoxy) is 1. The van der Waals surface area contributed by atoms with E-state index < -0.39 is 17.5 Å². The van der Waals surface area contributed by atoms with Gasteiger partial charge in [-0.1, -0.05) is 0 Å². The molecule has 1 aliphatic heterocycles. The van der Waals surface area contributed by atoms with Crippen molar-refractivity contribution in [3.05, 3.63) is 35.1 Å². The van der Waals surface area contributed by atoms with Crippen LogP contribution in [0.3, 0.4) is 0 Å². The van der Waals surface area contributed by atoms with Gasteiger partial charge in [0.1, 0.15) is 0 Å². The second-order valence-electron chi connectivity index (χ2n) is 5.69. The Bertz CT molecular complexity index is 529. The number of halogens is 3. The van der Waals surface area contributed by atoms with Gasteiger partial charge in [0.15, 0.2) is 23.2 Å². The lowest BCUT2D eigenvalue weighted by Crippen LogP contribution is -2.47. The smallest absolute Gasteiger partial charge is 0.194 e. The van der Waals surface area contributed by atoms with Crippen LogP contribution < -0.4 is 0 Å². The third-order valence-corrected chi connectivity index (χ3v) is 4.40. The Morgan fingerprint density at radius 3 is 2.40 bits per heavy atom. The van der Waals surface area contributed by atoms with Gasteiger partial charge < -0.3 is 4.74 Å². The van der Waals surface area contributed by atoms with E-state index in [4.69, 9.17) is 4.74 Å². The van der Waals surface area contributed by atoms with Gasteiger partial charge in [0.25, 0.3) is 0 Å². The van der Waals surface area contributed by atoms with Crippen LogP contribution in [0, 0.1) is 23.4 Å². The van der Waals surface area contributed by atoms with E-state index in [1.165, 1.54) is 0 Å². The number of carbonyl (C=O) groups excluding carboxylic acids is 1. The Hall–Kier alpha value is -1.36. The Balaban J connectivity index is 1.81. The van der Waals surface area contributed by atoms with Crippen molar-refractivity contribution in [3.8, 4) is 0 Å². The molecule has 5 heteroatoms. The molecule has 2 fully saturated rings. The number of hydrogen-bond donors (Lipinski definition) is 0. The molecule has 1 saturated carbocycles. The SMILES string of the molecule is O=C(c1cc(F)c(F)c(F)c1)C1CCOC2(CCC2)C1. The molecule has 2 nitrogen and oxygen atoms in total. The predicted molar refractivity (Wildman–Crippen MR) is 65.9 cm³/mol. The van der Waals surface area contributed by atoms with E-state index in [0.717, 1.165) is 31.4 Å². The molecule has 1 aromatic carbocycles. The average molecular weight is 284 g/mol. The van der Waals surface area contributed by atoms with Crippen molar-refractivity contribution in [2.75, 3.05) is 6.61 Å². The molecule has 0 aromatic heterocycles. The highest BCUT2D eigenvalue weighted by Crippen LogP contribution is 2.44. The molecule has 1 unspecified atom stereocenters. The van der Waals surface area contributed by atoms with Gasteiger partial charge in [0.2, 0.25) is 0 Å². The maximum atomic E-state index is 13.2. The van der Waals surface area contributed by atoms with Crippen LogP contribution in [-0.4, -0.2) is 18.0 Å². The van der Waals surface area contributed by atoms with E-state index in [2.05, 4.69) is 0 Å². The average Bonchev–Trinajstić information content (AvgIpc) is 2.42. The number of benzene rings is 1. The molecule has 0 bridgehead atoms. The van der Waals surface area contributed by atoms with E-state index >= 15 is 0 Å². The molecule has 1 aliphatic carbocycles. The lowest BCUT2D eigenvalue weighted by atomic mass is 9.70. The van der Waals surface area contributed by atoms with Crippen molar-refractivity contribution in [1.29, 1.82) is 0 Å². The standard InChI is InChI=1S/C15H15F3O2/c16-11-6-10(7-12(17)13(11)18)14(19)9-2-5-20-15(8-9)3-1-4-15/h6-7,9H,1-5,8H2. The number of carbonyl (C=O) groups is 1. The summed E-state index contributed by atoms with van der Waals surface area (Å²) in [5, 5.41) is 0. The fourth-order valence-corrected chi connectivity index (χ4v) is 3.10. The van der Waals surface area contributed by atoms with Crippen molar-refractivity contribution >= 4 is 5.78 Å². The van der Waals surface area contributed by atoms with Gasteiger partial charge >= 0.3 is 0 Å². The van der Waals surface area contributed by atoms with Crippen molar-refractivity contribution < 1.29 is 22.7 Å². The first kappa shape index (κ1) is 13.6. The largest absolute Gasteiger partial charge is 0.375 e. The highest BCUT2D eigenvalue weighted by Gasteiger charge is 2.44. The van der Waals surface area contributed by atoms with E-state index in [1.54, 1.807) is 0 Å². The first-order valence-corrected chi connectivity index (χ1v) is 6.83. The molecule has 2 aliphatic rings. The zero-order valence-electron chi connectivity index (χ0n) is 10.9. The van der Waals surface area contributed by atoms with Gasteiger partial charge in [0, 0.05) is 18.1 Å². The third-order valence-electron chi connectivity index (χ3n) is 4.40. The fourth-order valence-electron chi connectivity index (χ4n) is 3.10. The van der Waals surface area contributed by atoms with Crippen LogP contribution in [0.25, 0.3) is 0 Å². The third kappa shape index (κ3) is 2.24. The van der Waals surface area contributed by atoms with Gasteiger partial charge in [-0.2, -0.15) is 0 Å². The number of hydrogen-bond acceptors (Lipinski definition) is 2. The monoisotopic (exact) mass is 284 g/mol. The Morgan fingerprint density at radius 1 is 1.20 bits per heavy atom. The number of Topliss-reactive ketones (excluding diaryl/α,β-unsaturated/α-hetero) is 1. The molecule has 1 heterocycles. The summed E-state index contributed by atoms with van der Waals surface area (Å²) < 4.78 is 45.1. The highest BCUT2D eigenvalue weighted by atomic mass is 19.2. The molecule has 1 atom stereocenters. The second-order valence-corrected chi connectivity index (χ2v) is 5.69. The molecule has 1 aromatic rings. The van der Waals surface area contributed by atoms with Gasteiger partial charge in [-0.25, -0.2) is 13.2 Å². The molecule has 3 rings (SSSR count). The number of rotatable bonds is 2. The second kappa shape index (κ2) is 4.88. The fraction of sp³-hybridized carbons (Fsp3) is 0.533. The number of ketones is 1. The molecular weight excluding hydrogens is 269 g/mol. The maximum Gasteiger partial charge on any atom is 0.194 e. The molecule has 108 valence electrons. The molecule has 0 N–H and O–H groups in total. The molecule has 1 saturated heterocycles. The molecule has 0 amide bonds. The van der Waals surface area contributed by atoms with Crippen LogP contribution in [0.1, 0.15) is 42.5 Å². The Kier molecular flexibility index (Phi) is 3.32. The summed E-state index contributed by atoms with van der Waals surface area (Å²) in [4.78, 5) is 12.3. The van der Waals surface area contributed by atoms with Gasteiger partial charge in [-0.05, 0) is 44.2 Å². The zero-order valence-corrected chi connectivity index (χ0v) is 10.9. The summed E-state index contributed by atoms with van der Waals surface area (Å²) in [6.07, 6.45) is 4.08. The van der Waals surface area contributed by atoms with Crippen molar-refractivity contribution in [3.63, 3.8) is 0 Å². The highest BCUT2D eigenvalue weighted by molar-refractivity contribution is 5.98. The molecule has 1 spiro atoms. The van der Waals surface area contributed by atoms with E-state index in [1.807, 2.05) is 0 Å². The Morgan fingerprint density at radius 2 is 1.85 bits per heavy atom. The van der Waals surface area contributed by atoms with Gasteiger partial charge in [-0.15, -0.1) is 0 Å². The minimum absolute atomic E-state index is 0.0947. The minimum atomic E-state index is -1.54. The first-order valence-electron chi connectivity index (χ1n) is 6.83. The van der Waals surface area contributed by atoms with Crippen LogP contribution >= 0.6 is 0 Å². The van der Waals surface area contributed by atoms with E-state index in [-0.39, 0.29) is 22.9 Å². The lowest BCUT2D eigenvalue weighted by Gasteiger charge is -2.46. The van der Waals surface area contributed by atoms with Crippen molar-refractivity contribution in [2.24, 2.45) is 5.92 Å². The van der Waals surface area contributed by atoms with Crippen LogP contribution in [0.4, 0.5) is 13.2 Å². The van der Waals surface area contributed by atoms with Crippen molar-refractivity contribution in [1.82, 2.24) is 0 Å². The molecular formula is C15H15F3O2. The van der Waals surface area contributed by atoms with Crippen molar-refractivity contribution in [2.45, 2.75) is 37.7 Å². The van der Waals surface area contributed by atoms with Gasteiger partial charge in [-0.3, -0.25) is 4.79 Å².